The molecule has 0 atom stereocenters. The Hall–Kier alpha value is -2.47. The Bertz CT molecular complexity index is 1210. The average Bonchev–Trinajstić information content (AvgIpc) is 3.27. The summed E-state index contributed by atoms with van der Waals surface area (Å²) >= 11 is 16.0. The van der Waals surface area contributed by atoms with Gasteiger partial charge in [-0.1, -0.05) is 23.7 Å². The van der Waals surface area contributed by atoms with Crippen molar-refractivity contribution in [2.24, 2.45) is 0 Å². The molecule has 0 spiro atoms. The highest BCUT2D eigenvalue weighted by atomic mass is 79.9. The van der Waals surface area contributed by atoms with Crippen LogP contribution in [0.25, 0.3) is 0 Å². The van der Waals surface area contributed by atoms with Crippen LogP contribution in [0.1, 0.15) is 31.2 Å². The van der Waals surface area contributed by atoms with Crippen LogP contribution in [0.5, 0.6) is 0 Å². The number of amides is 1. The number of nitrogens with zero attached hydrogens (tertiary/aromatic N) is 3. The van der Waals surface area contributed by atoms with Crippen molar-refractivity contribution in [3.63, 3.8) is 0 Å². The number of ether oxygens (including phenoxy) is 1. The summed E-state index contributed by atoms with van der Waals surface area (Å²) in [5.74, 6) is -0.266. The fraction of sp³-hybridized carbons (Fsp3) is 0.238. The van der Waals surface area contributed by atoms with E-state index < -0.39 is 5.97 Å². The Morgan fingerprint density at radius 3 is 2.55 bits per heavy atom. The minimum atomic E-state index is -0.555. The Labute approximate surface area is 214 Å². The molecule has 1 amide bonds. The summed E-state index contributed by atoms with van der Waals surface area (Å²) in [5, 5.41) is 11.8. The van der Waals surface area contributed by atoms with E-state index in [0.717, 1.165) is 16.9 Å². The van der Waals surface area contributed by atoms with Crippen molar-refractivity contribution < 1.29 is 14.3 Å². The number of benzene rings is 1. The molecule has 0 aliphatic rings. The van der Waals surface area contributed by atoms with Crippen LogP contribution in [0, 0.1) is 6.92 Å². The van der Waals surface area contributed by atoms with E-state index in [-0.39, 0.29) is 16.6 Å². The molecule has 2 N–H and O–H groups in total. The van der Waals surface area contributed by atoms with E-state index in [4.69, 9.17) is 28.6 Å². The zero-order valence-electron chi connectivity index (χ0n) is 18.2. The van der Waals surface area contributed by atoms with Gasteiger partial charge in [-0.3, -0.25) is 9.48 Å². The first-order valence-electron chi connectivity index (χ1n) is 9.59. The first kappa shape index (κ1) is 25.2. The molecule has 33 heavy (non-hydrogen) atoms. The van der Waals surface area contributed by atoms with Crippen LogP contribution in [0.3, 0.4) is 0 Å². The van der Waals surface area contributed by atoms with Gasteiger partial charge >= 0.3 is 5.97 Å². The van der Waals surface area contributed by atoms with Crippen molar-refractivity contribution in [3.05, 3.63) is 61.5 Å². The lowest BCUT2D eigenvalue weighted by molar-refractivity contribution is 0.0601. The van der Waals surface area contributed by atoms with Crippen LogP contribution in [0.4, 0.5) is 10.8 Å². The number of thiophene rings is 1. The fourth-order valence-corrected chi connectivity index (χ4v) is 4.96. The molecule has 0 aliphatic carbocycles. The molecule has 0 bridgehead atoms. The van der Waals surface area contributed by atoms with Gasteiger partial charge in [-0.2, -0.15) is 5.10 Å². The number of esters is 1. The van der Waals surface area contributed by atoms with Crippen molar-refractivity contribution in [2.75, 3.05) is 31.8 Å². The first-order valence-corrected chi connectivity index (χ1v) is 12.0. The molecule has 0 saturated carbocycles. The molecule has 0 aliphatic heterocycles. The molecule has 0 radical (unpaired) electrons. The summed E-state index contributed by atoms with van der Waals surface area (Å²) in [6, 6.07) is 7.50. The summed E-state index contributed by atoms with van der Waals surface area (Å²) in [7, 11) is 4.59. The van der Waals surface area contributed by atoms with Gasteiger partial charge in [0.2, 0.25) is 0 Å². The van der Waals surface area contributed by atoms with Gasteiger partial charge in [0.15, 0.2) is 10.9 Å². The zero-order valence-corrected chi connectivity index (χ0v) is 22.2. The third kappa shape index (κ3) is 5.91. The number of aromatic nitrogens is 2. The molecule has 0 fully saturated rings. The molecule has 0 saturated heterocycles. The number of anilines is 2. The number of nitrogens with one attached hydrogen (secondary N) is 2. The average molecular weight is 571 g/mol. The monoisotopic (exact) mass is 569 g/mol. The van der Waals surface area contributed by atoms with E-state index in [9.17, 15) is 9.59 Å². The summed E-state index contributed by atoms with van der Waals surface area (Å²) < 4.78 is 7.36. The summed E-state index contributed by atoms with van der Waals surface area (Å²) in [5.41, 5.74) is 1.84. The van der Waals surface area contributed by atoms with E-state index in [1.807, 2.05) is 30.5 Å². The molecule has 2 aromatic heterocycles. The summed E-state index contributed by atoms with van der Waals surface area (Å²) in [6.45, 7) is 2.25. The smallest absolute Gasteiger partial charge is 0.341 e. The van der Waals surface area contributed by atoms with Crippen LogP contribution in [0.15, 0.2) is 34.9 Å². The molecular formula is C21H21BrClN5O3S2. The molecule has 0 unspecified atom stereocenters. The topological polar surface area (TPSA) is 88.5 Å². The Morgan fingerprint density at radius 1 is 1.27 bits per heavy atom. The zero-order chi connectivity index (χ0) is 24.3. The van der Waals surface area contributed by atoms with E-state index in [1.165, 1.54) is 12.0 Å². The summed E-state index contributed by atoms with van der Waals surface area (Å²) in [6.07, 6.45) is 1.82. The number of thiocarbonyl (C=S) groups is 1. The van der Waals surface area contributed by atoms with Crippen LogP contribution in [-0.2, 0) is 11.3 Å². The number of carbonyl (C=O) groups is 2. The second-order valence-corrected chi connectivity index (χ2v) is 9.90. The van der Waals surface area contributed by atoms with Gasteiger partial charge in [-0.25, -0.2) is 4.79 Å². The normalized spacial score (nSPS) is 10.6. The van der Waals surface area contributed by atoms with Crippen LogP contribution in [0.2, 0.25) is 5.02 Å². The van der Waals surface area contributed by atoms with E-state index in [0.29, 0.717) is 37.3 Å². The predicted molar refractivity (Wildman–Crippen MR) is 139 cm³/mol. The van der Waals surface area contributed by atoms with Crippen LogP contribution < -0.4 is 10.6 Å². The number of halogens is 2. The highest BCUT2D eigenvalue weighted by Crippen LogP contribution is 2.34. The second kappa shape index (κ2) is 10.6. The number of hydrogen-bond donors (Lipinski definition) is 2. The maximum absolute atomic E-state index is 12.5. The Kier molecular flexibility index (Phi) is 8.11. The van der Waals surface area contributed by atoms with Gasteiger partial charge in [-0.15, -0.1) is 11.3 Å². The van der Waals surface area contributed by atoms with Gasteiger partial charge in [0.25, 0.3) is 5.91 Å². The molecule has 12 heteroatoms. The van der Waals surface area contributed by atoms with Crippen LogP contribution >= 0.6 is 51.1 Å². The van der Waals surface area contributed by atoms with Gasteiger partial charge in [0.1, 0.15) is 5.00 Å². The molecule has 174 valence electrons. The van der Waals surface area contributed by atoms with Gasteiger partial charge in [-0.05, 0) is 58.3 Å². The highest BCUT2D eigenvalue weighted by molar-refractivity contribution is 9.10. The van der Waals surface area contributed by atoms with Gasteiger partial charge < -0.3 is 20.3 Å². The lowest BCUT2D eigenvalue weighted by Crippen LogP contribution is -2.21. The lowest BCUT2D eigenvalue weighted by Gasteiger charge is -2.09. The van der Waals surface area contributed by atoms with Crippen molar-refractivity contribution in [1.82, 2.24) is 14.7 Å². The van der Waals surface area contributed by atoms with Crippen molar-refractivity contribution in [2.45, 2.75) is 13.5 Å². The number of carbonyl (C=O) groups excluding carboxylic acids is 2. The van der Waals surface area contributed by atoms with Gasteiger partial charge in [0, 0.05) is 25.3 Å². The van der Waals surface area contributed by atoms with Gasteiger partial charge in [0.05, 0.1) is 28.6 Å². The molecule has 8 nitrogen and oxygen atoms in total. The standard InChI is InChI=1S/C21H21BrClN5O3S2/c1-11-15(20(30)31-4)18(33-16(11)19(29)27(2)3)25-21(32)24-17-14(22)10-28(26-17)9-12-5-7-13(23)8-6-12/h5-8,10H,9H2,1-4H3,(H2,24,25,26,32). The van der Waals surface area contributed by atoms with Crippen molar-refractivity contribution in [3.8, 4) is 0 Å². The van der Waals surface area contributed by atoms with Crippen molar-refractivity contribution >= 4 is 78.9 Å². The fourth-order valence-electron chi connectivity index (χ4n) is 2.94. The SMILES string of the molecule is COC(=O)c1c(NC(=S)Nc2nn(Cc3ccc(Cl)cc3)cc2Br)sc(C(=O)N(C)C)c1C. The van der Waals surface area contributed by atoms with E-state index >= 15 is 0 Å². The molecule has 3 rings (SSSR count). The second-order valence-electron chi connectivity index (χ2n) is 7.18. The first-order chi connectivity index (χ1) is 15.6. The maximum atomic E-state index is 12.5. The predicted octanol–water partition coefficient (Wildman–Crippen LogP) is 5.01. The molecule has 1 aromatic carbocycles. The van der Waals surface area contributed by atoms with Crippen molar-refractivity contribution in [1.29, 1.82) is 0 Å². The summed E-state index contributed by atoms with van der Waals surface area (Å²) in [4.78, 5) is 26.8. The third-order valence-electron chi connectivity index (χ3n) is 4.57. The lowest BCUT2D eigenvalue weighted by atomic mass is 10.1. The molecule has 3 aromatic rings. The van der Waals surface area contributed by atoms with E-state index in [2.05, 4.69) is 31.7 Å². The highest BCUT2D eigenvalue weighted by Gasteiger charge is 2.26. The number of hydrogen-bond acceptors (Lipinski definition) is 6. The molecule has 2 heterocycles. The maximum Gasteiger partial charge on any atom is 0.341 e. The largest absolute Gasteiger partial charge is 0.465 e. The number of rotatable bonds is 6. The van der Waals surface area contributed by atoms with Crippen LogP contribution in [-0.4, -0.2) is 52.9 Å². The minimum Gasteiger partial charge on any atom is -0.465 e. The molecular weight excluding hydrogens is 550 g/mol. The number of methoxy groups -OCH3 is 1. The minimum absolute atomic E-state index is 0.210. The Balaban J connectivity index is 1.78. The Morgan fingerprint density at radius 2 is 1.94 bits per heavy atom. The quantitative estimate of drug-likeness (QED) is 0.318. The van der Waals surface area contributed by atoms with E-state index in [1.54, 1.807) is 25.7 Å². The third-order valence-corrected chi connectivity index (χ3v) is 6.80.